The Morgan fingerprint density at radius 2 is 1.42 bits per heavy atom. The maximum absolute atomic E-state index is 12.5. The summed E-state index contributed by atoms with van der Waals surface area (Å²) < 4.78 is 0. The number of Topliss-reactive ketones (excluding diaryl/α,β-unsaturated/α-hetero) is 1. The van der Waals surface area contributed by atoms with E-state index in [-0.39, 0.29) is 0 Å². The summed E-state index contributed by atoms with van der Waals surface area (Å²) in [6.45, 7) is 2.26. The number of carbonyl (C=O) groups excluding carboxylic acids is 1. The van der Waals surface area contributed by atoms with Crippen molar-refractivity contribution in [3.63, 3.8) is 0 Å². The first-order chi connectivity index (χ1) is 9.33. The molecule has 0 bridgehead atoms. The van der Waals surface area contributed by atoms with Crippen LogP contribution in [-0.2, 0) is 4.79 Å². The summed E-state index contributed by atoms with van der Waals surface area (Å²) in [5, 5.41) is 0. The van der Waals surface area contributed by atoms with Crippen LogP contribution in [0.4, 0.5) is 0 Å². The van der Waals surface area contributed by atoms with E-state index >= 15 is 0 Å². The van der Waals surface area contributed by atoms with Gasteiger partial charge in [-0.3, -0.25) is 4.79 Å². The van der Waals surface area contributed by atoms with Crippen LogP contribution in [0.2, 0.25) is 0 Å². The van der Waals surface area contributed by atoms with Crippen molar-refractivity contribution in [2.24, 2.45) is 17.8 Å². The smallest absolute Gasteiger partial charge is 0.136 e. The molecular weight excluding hydrogens is 232 g/mol. The van der Waals surface area contributed by atoms with E-state index in [0.717, 1.165) is 24.7 Å². The third kappa shape index (κ3) is 4.33. The molecule has 0 unspecified atom stereocenters. The highest BCUT2D eigenvalue weighted by atomic mass is 16.1. The Kier molecular flexibility index (Phi) is 6.40. The fourth-order valence-corrected chi connectivity index (χ4v) is 3.75. The highest BCUT2D eigenvalue weighted by molar-refractivity contribution is 5.81. The van der Waals surface area contributed by atoms with Crippen LogP contribution in [-0.4, -0.2) is 5.78 Å². The van der Waals surface area contributed by atoms with Crippen LogP contribution in [0.1, 0.15) is 90.4 Å². The van der Waals surface area contributed by atoms with Gasteiger partial charge in [0.05, 0.1) is 0 Å². The van der Waals surface area contributed by atoms with Gasteiger partial charge in [0.2, 0.25) is 0 Å². The Bertz CT molecular complexity index is 249. The standard InChI is InChI=1S/C18H32O/c1-2-3-4-5-6-7-14-17(19)18(15-10-8-11-15)16-12-9-13-16/h15-16,18H,2-14H2,1H3. The van der Waals surface area contributed by atoms with Gasteiger partial charge in [-0.15, -0.1) is 0 Å². The minimum absolute atomic E-state index is 0.471. The molecule has 0 amide bonds. The van der Waals surface area contributed by atoms with Crippen molar-refractivity contribution in [3.05, 3.63) is 0 Å². The fourth-order valence-electron chi connectivity index (χ4n) is 3.75. The van der Waals surface area contributed by atoms with Crippen LogP contribution >= 0.6 is 0 Å². The molecule has 0 heterocycles. The van der Waals surface area contributed by atoms with Gasteiger partial charge in [0.15, 0.2) is 0 Å². The van der Waals surface area contributed by atoms with Gasteiger partial charge in [0.1, 0.15) is 5.78 Å². The van der Waals surface area contributed by atoms with Crippen molar-refractivity contribution >= 4 is 5.78 Å². The molecule has 19 heavy (non-hydrogen) atoms. The molecule has 1 heteroatoms. The Balaban J connectivity index is 1.64. The molecule has 2 saturated carbocycles. The lowest BCUT2D eigenvalue weighted by atomic mass is 9.62. The topological polar surface area (TPSA) is 17.1 Å². The monoisotopic (exact) mass is 264 g/mol. The maximum Gasteiger partial charge on any atom is 0.136 e. The Morgan fingerprint density at radius 3 is 1.89 bits per heavy atom. The van der Waals surface area contributed by atoms with Crippen molar-refractivity contribution < 1.29 is 4.79 Å². The van der Waals surface area contributed by atoms with E-state index < -0.39 is 0 Å². The van der Waals surface area contributed by atoms with Gasteiger partial charge >= 0.3 is 0 Å². The van der Waals surface area contributed by atoms with Crippen molar-refractivity contribution in [1.29, 1.82) is 0 Å². The zero-order chi connectivity index (χ0) is 13.5. The van der Waals surface area contributed by atoms with Gasteiger partial charge in [0.25, 0.3) is 0 Å². The van der Waals surface area contributed by atoms with Gasteiger partial charge in [0, 0.05) is 12.3 Å². The van der Waals surface area contributed by atoms with Gasteiger partial charge in [-0.2, -0.15) is 0 Å². The van der Waals surface area contributed by atoms with Crippen molar-refractivity contribution in [2.45, 2.75) is 90.4 Å². The Hall–Kier alpha value is -0.330. The molecule has 0 saturated heterocycles. The highest BCUT2D eigenvalue weighted by Crippen LogP contribution is 2.45. The molecule has 0 spiro atoms. The van der Waals surface area contributed by atoms with Gasteiger partial charge < -0.3 is 0 Å². The number of ketones is 1. The first-order valence-corrected chi connectivity index (χ1v) is 8.85. The molecular formula is C18H32O. The van der Waals surface area contributed by atoms with E-state index in [0.29, 0.717) is 11.7 Å². The zero-order valence-electron chi connectivity index (χ0n) is 12.8. The van der Waals surface area contributed by atoms with E-state index in [2.05, 4.69) is 6.92 Å². The molecule has 1 nitrogen and oxygen atoms in total. The lowest BCUT2D eigenvalue weighted by molar-refractivity contribution is -0.129. The summed E-state index contributed by atoms with van der Waals surface area (Å²) in [6.07, 6.45) is 16.8. The number of hydrogen-bond donors (Lipinski definition) is 0. The Labute approximate surface area is 119 Å². The molecule has 0 aromatic carbocycles. The third-order valence-corrected chi connectivity index (χ3v) is 5.46. The zero-order valence-corrected chi connectivity index (χ0v) is 12.8. The lowest BCUT2D eigenvalue weighted by Crippen LogP contribution is -2.37. The van der Waals surface area contributed by atoms with Crippen LogP contribution in [0.15, 0.2) is 0 Å². The molecule has 2 rings (SSSR count). The summed E-state index contributed by atoms with van der Waals surface area (Å²) in [7, 11) is 0. The Morgan fingerprint density at radius 1 is 0.895 bits per heavy atom. The van der Waals surface area contributed by atoms with Crippen LogP contribution in [0.3, 0.4) is 0 Å². The number of carbonyl (C=O) groups is 1. The normalized spacial score (nSPS) is 20.3. The molecule has 0 aromatic heterocycles. The van der Waals surface area contributed by atoms with Gasteiger partial charge in [-0.1, -0.05) is 51.9 Å². The summed E-state index contributed by atoms with van der Waals surface area (Å²) in [5.41, 5.74) is 0. The summed E-state index contributed by atoms with van der Waals surface area (Å²) in [6, 6.07) is 0. The van der Waals surface area contributed by atoms with E-state index in [1.54, 1.807) is 0 Å². The highest BCUT2D eigenvalue weighted by Gasteiger charge is 2.39. The third-order valence-electron chi connectivity index (χ3n) is 5.46. The average Bonchev–Trinajstić information content (AvgIpc) is 2.28. The second-order valence-corrected chi connectivity index (χ2v) is 6.89. The van der Waals surface area contributed by atoms with Gasteiger partial charge in [-0.05, 0) is 43.9 Å². The fraction of sp³-hybridized carbons (Fsp3) is 0.944. The molecule has 110 valence electrons. The van der Waals surface area contributed by atoms with Crippen LogP contribution in [0, 0.1) is 17.8 Å². The van der Waals surface area contributed by atoms with Crippen molar-refractivity contribution in [3.8, 4) is 0 Å². The van der Waals surface area contributed by atoms with Crippen LogP contribution in [0.5, 0.6) is 0 Å². The molecule has 2 aliphatic carbocycles. The predicted molar refractivity (Wildman–Crippen MR) is 81.2 cm³/mol. The van der Waals surface area contributed by atoms with Crippen molar-refractivity contribution in [2.75, 3.05) is 0 Å². The first kappa shape index (κ1) is 15.1. The summed E-state index contributed by atoms with van der Waals surface area (Å²) >= 11 is 0. The van der Waals surface area contributed by atoms with Gasteiger partial charge in [-0.25, -0.2) is 0 Å². The molecule has 0 radical (unpaired) electrons. The lowest BCUT2D eigenvalue weighted by Gasteiger charge is -2.41. The van der Waals surface area contributed by atoms with E-state index in [9.17, 15) is 4.79 Å². The maximum atomic E-state index is 12.5. The molecule has 0 atom stereocenters. The molecule has 0 aliphatic heterocycles. The predicted octanol–water partition coefficient (Wildman–Crippen LogP) is 5.52. The number of rotatable bonds is 10. The SMILES string of the molecule is CCCCCCCCC(=O)C(C1CCC1)C1CCC1. The second-order valence-electron chi connectivity index (χ2n) is 6.89. The quantitative estimate of drug-likeness (QED) is 0.475. The summed E-state index contributed by atoms with van der Waals surface area (Å²) in [4.78, 5) is 12.5. The first-order valence-electron chi connectivity index (χ1n) is 8.85. The number of unbranched alkanes of at least 4 members (excludes halogenated alkanes) is 5. The largest absolute Gasteiger partial charge is 0.299 e. The number of hydrogen-bond acceptors (Lipinski definition) is 1. The minimum atomic E-state index is 0.471. The van der Waals surface area contributed by atoms with Crippen LogP contribution < -0.4 is 0 Å². The van der Waals surface area contributed by atoms with Crippen molar-refractivity contribution in [1.82, 2.24) is 0 Å². The molecule has 0 aromatic rings. The van der Waals surface area contributed by atoms with E-state index in [1.807, 2.05) is 0 Å². The van der Waals surface area contributed by atoms with Crippen LogP contribution in [0.25, 0.3) is 0 Å². The molecule has 2 fully saturated rings. The molecule has 2 aliphatic rings. The molecule has 0 N–H and O–H groups in total. The minimum Gasteiger partial charge on any atom is -0.299 e. The van der Waals surface area contributed by atoms with E-state index in [4.69, 9.17) is 0 Å². The van der Waals surface area contributed by atoms with E-state index in [1.165, 1.54) is 70.6 Å². The second kappa shape index (κ2) is 8.07. The average molecular weight is 264 g/mol. The summed E-state index contributed by atoms with van der Waals surface area (Å²) in [5.74, 6) is 2.65.